The van der Waals surface area contributed by atoms with Gasteiger partial charge in [0.2, 0.25) is 5.91 Å². The number of carbonyl (C=O) groups excluding carboxylic acids is 2. The molecule has 0 bridgehead atoms. The molecule has 0 saturated carbocycles. The molecule has 1 fully saturated rings. The second-order valence-electron chi connectivity index (χ2n) is 8.63. The van der Waals surface area contributed by atoms with E-state index in [1.165, 1.54) is 11.0 Å². The van der Waals surface area contributed by atoms with E-state index in [0.717, 1.165) is 15.9 Å². The van der Waals surface area contributed by atoms with Crippen LogP contribution in [0.1, 0.15) is 6.92 Å². The van der Waals surface area contributed by atoms with Crippen molar-refractivity contribution >= 4 is 58.9 Å². The summed E-state index contributed by atoms with van der Waals surface area (Å²) >= 11 is 4.66. The monoisotopic (exact) mass is 549 g/mol. The number of aliphatic carboxylic acids is 1. The molecular formula is C29H28NO6PS. The fraction of sp³-hybridized carbons (Fsp3) is 0.172. The minimum Gasteiger partial charge on any atom is -0.477 e. The molecule has 1 aliphatic rings. The van der Waals surface area contributed by atoms with E-state index < -0.39 is 42.3 Å². The Hall–Kier alpha value is -3.74. The van der Waals surface area contributed by atoms with Crippen LogP contribution in [0.15, 0.2) is 104 Å². The Kier molecular flexibility index (Phi) is 8.45. The maximum Gasteiger partial charge on any atom is 0.508 e. The highest BCUT2D eigenvalue weighted by atomic mass is 32.1. The third-order valence-electron chi connectivity index (χ3n) is 6.38. The summed E-state index contributed by atoms with van der Waals surface area (Å²) in [6.07, 6.45) is -0.421. The molecule has 0 spiro atoms. The number of β-lactam (4-membered cyclic amide) rings is 1. The van der Waals surface area contributed by atoms with Crippen LogP contribution in [0.5, 0.6) is 0 Å². The van der Waals surface area contributed by atoms with E-state index in [1.54, 1.807) is 6.92 Å². The van der Waals surface area contributed by atoms with Gasteiger partial charge in [-0.3, -0.25) is 9.69 Å². The van der Waals surface area contributed by atoms with Gasteiger partial charge in [-0.25, -0.2) is 9.59 Å². The third-order valence-corrected chi connectivity index (χ3v) is 11.2. The number of nitrogens with zero attached hydrogens (tertiary/aromatic N) is 1. The lowest BCUT2D eigenvalue weighted by molar-refractivity contribution is -0.151. The number of thiol groups is 1. The number of hydrogen-bond donors (Lipinski definition) is 2. The molecule has 0 unspecified atom stereocenters. The summed E-state index contributed by atoms with van der Waals surface area (Å²) in [6.45, 7) is 1.93. The smallest absolute Gasteiger partial charge is 0.477 e. The zero-order valence-corrected chi connectivity index (χ0v) is 22.5. The number of benzene rings is 3. The molecule has 0 aliphatic carbocycles. The van der Waals surface area contributed by atoms with Gasteiger partial charge in [0.15, 0.2) is 0 Å². The van der Waals surface area contributed by atoms with Gasteiger partial charge in [-0.1, -0.05) is 104 Å². The van der Waals surface area contributed by atoms with Crippen LogP contribution in [0.3, 0.4) is 0 Å². The van der Waals surface area contributed by atoms with Gasteiger partial charge in [0.25, 0.3) is 0 Å². The number of likely N-dealkylation sites (tertiary alicyclic amines) is 1. The molecule has 196 valence electrons. The summed E-state index contributed by atoms with van der Waals surface area (Å²) in [5.74, 6) is -2.56. The quantitative estimate of drug-likeness (QED) is 0.139. The van der Waals surface area contributed by atoms with Gasteiger partial charge in [-0.05, 0) is 22.8 Å². The number of ether oxygens (including phenoxy) is 2. The number of carboxylic acid groups (broad SMARTS) is 1. The first-order valence-corrected chi connectivity index (χ1v) is 14.3. The van der Waals surface area contributed by atoms with Crippen molar-refractivity contribution in [2.45, 2.75) is 18.4 Å². The summed E-state index contributed by atoms with van der Waals surface area (Å²) < 4.78 is 10.1. The maximum absolute atomic E-state index is 13.7. The normalized spacial score (nSPS) is 17.6. The topological polar surface area (TPSA) is 93.1 Å². The molecule has 4 rings (SSSR count). The Labute approximate surface area is 227 Å². The Morgan fingerprint density at radius 2 is 1.42 bits per heavy atom. The molecule has 0 aromatic heterocycles. The molecule has 1 heterocycles. The Morgan fingerprint density at radius 1 is 0.974 bits per heavy atom. The van der Waals surface area contributed by atoms with Crippen LogP contribution in [0.25, 0.3) is 0 Å². The van der Waals surface area contributed by atoms with Gasteiger partial charge < -0.3 is 14.6 Å². The average Bonchev–Trinajstić information content (AvgIpc) is 2.93. The van der Waals surface area contributed by atoms with Crippen molar-refractivity contribution in [3.8, 4) is 0 Å². The number of rotatable bonds is 9. The number of amides is 1. The van der Waals surface area contributed by atoms with Crippen molar-refractivity contribution in [2.24, 2.45) is 5.92 Å². The first-order valence-electron chi connectivity index (χ1n) is 12.0. The molecule has 0 radical (unpaired) electrons. The minimum absolute atomic E-state index is 0.0320. The van der Waals surface area contributed by atoms with Crippen molar-refractivity contribution in [1.82, 2.24) is 4.90 Å². The van der Waals surface area contributed by atoms with Crippen LogP contribution in [-0.4, -0.2) is 51.5 Å². The van der Waals surface area contributed by atoms with Crippen LogP contribution in [0, 0.1) is 5.92 Å². The fourth-order valence-electron chi connectivity index (χ4n) is 4.73. The SMILES string of the molecule is C=CCOC(=O)O[C@H](C)[C@H]1C(=O)N(C(C(=O)O)=P(c2ccccc2)(c2ccccc2)c2ccccc2)[C@@H]1S. The lowest BCUT2D eigenvalue weighted by Crippen LogP contribution is -2.66. The Morgan fingerprint density at radius 3 is 1.79 bits per heavy atom. The molecule has 3 aromatic carbocycles. The summed E-state index contributed by atoms with van der Waals surface area (Å²) in [6, 6.07) is 28.1. The third kappa shape index (κ3) is 4.89. The van der Waals surface area contributed by atoms with Gasteiger partial charge in [0.05, 0.1) is 5.37 Å². The Bertz CT molecular complexity index is 1280. The molecule has 1 N–H and O–H groups in total. The van der Waals surface area contributed by atoms with Crippen LogP contribution >= 0.6 is 19.5 Å². The molecule has 38 heavy (non-hydrogen) atoms. The lowest BCUT2D eigenvalue weighted by atomic mass is 9.92. The van der Waals surface area contributed by atoms with Crippen molar-refractivity contribution in [1.29, 1.82) is 0 Å². The zero-order chi connectivity index (χ0) is 27.3. The van der Waals surface area contributed by atoms with Crippen molar-refractivity contribution in [3.05, 3.63) is 104 Å². The summed E-state index contributed by atoms with van der Waals surface area (Å²) in [5.41, 5.74) is -0.0521. The van der Waals surface area contributed by atoms with E-state index in [9.17, 15) is 19.5 Å². The van der Waals surface area contributed by atoms with E-state index >= 15 is 0 Å². The van der Waals surface area contributed by atoms with Crippen LogP contribution in [-0.2, 0) is 19.1 Å². The van der Waals surface area contributed by atoms with E-state index in [2.05, 4.69) is 19.2 Å². The highest BCUT2D eigenvalue weighted by molar-refractivity contribution is 7.96. The molecular weight excluding hydrogens is 521 g/mol. The first kappa shape index (κ1) is 27.3. The molecule has 3 aromatic rings. The highest BCUT2D eigenvalue weighted by Crippen LogP contribution is 2.49. The maximum atomic E-state index is 13.7. The van der Waals surface area contributed by atoms with Crippen LogP contribution in [0.4, 0.5) is 4.79 Å². The standard InChI is InChI=1S/C29H28NO6PS/c1-3-19-35-29(34)36-20(2)24-25(31)30(27(24)38)26(28(32)33)37(21-13-7-4-8-14-21,22-15-9-5-10-16-22)23-17-11-6-12-18-23/h3-18,20,24,27,38H,1,19H2,2H3,(H,32,33)/t20-,24+,27-/m1/s1. The van der Waals surface area contributed by atoms with Crippen LogP contribution in [0.2, 0.25) is 0 Å². The van der Waals surface area contributed by atoms with Crippen molar-refractivity contribution in [3.63, 3.8) is 0 Å². The predicted molar refractivity (Wildman–Crippen MR) is 153 cm³/mol. The van der Waals surface area contributed by atoms with Crippen molar-refractivity contribution < 1.29 is 29.0 Å². The largest absolute Gasteiger partial charge is 0.508 e. The van der Waals surface area contributed by atoms with Gasteiger partial charge >= 0.3 is 12.1 Å². The number of hydrogen-bond acceptors (Lipinski definition) is 6. The lowest BCUT2D eigenvalue weighted by Gasteiger charge is -2.48. The van der Waals surface area contributed by atoms with Gasteiger partial charge in [-0.2, -0.15) is 12.6 Å². The highest BCUT2D eigenvalue weighted by Gasteiger charge is 2.55. The van der Waals surface area contributed by atoms with E-state index in [0.29, 0.717) is 0 Å². The Balaban J connectivity index is 1.94. The average molecular weight is 550 g/mol. The molecule has 1 saturated heterocycles. The van der Waals surface area contributed by atoms with Gasteiger partial charge in [0, 0.05) is 6.89 Å². The van der Waals surface area contributed by atoms with Gasteiger partial charge in [0.1, 0.15) is 24.0 Å². The van der Waals surface area contributed by atoms with Crippen molar-refractivity contribution in [2.75, 3.05) is 6.61 Å². The summed E-state index contributed by atoms with van der Waals surface area (Å²) in [5, 5.41) is 12.3. The fourth-order valence-corrected chi connectivity index (χ4v) is 9.74. The van der Waals surface area contributed by atoms with E-state index in [-0.39, 0.29) is 12.0 Å². The zero-order valence-electron chi connectivity index (χ0n) is 20.7. The van der Waals surface area contributed by atoms with Crippen LogP contribution < -0.4 is 15.9 Å². The second kappa shape index (κ2) is 11.8. The van der Waals surface area contributed by atoms with E-state index in [1.807, 2.05) is 91.0 Å². The molecule has 7 nitrogen and oxygen atoms in total. The first-order chi connectivity index (χ1) is 18.3. The molecule has 1 amide bonds. The summed E-state index contributed by atoms with van der Waals surface area (Å²) in [4.78, 5) is 40.1. The second-order valence-corrected chi connectivity index (χ2v) is 12.5. The summed E-state index contributed by atoms with van der Waals surface area (Å²) in [7, 11) is 0. The number of carboxylic acids is 1. The molecule has 1 aliphatic heterocycles. The minimum atomic E-state index is -3.08. The number of carbonyl (C=O) groups is 3. The van der Waals surface area contributed by atoms with E-state index in [4.69, 9.17) is 9.47 Å². The molecule has 3 atom stereocenters. The molecule has 9 heteroatoms. The van der Waals surface area contributed by atoms with Gasteiger partial charge in [-0.15, -0.1) is 0 Å². The predicted octanol–water partition coefficient (Wildman–Crippen LogP) is 3.64.